The molecule has 1 aliphatic heterocycles. The second-order valence-electron chi connectivity index (χ2n) is 7.72. The molecule has 6 heteroatoms. The van der Waals surface area contributed by atoms with Gasteiger partial charge in [0.2, 0.25) is 11.8 Å². The molecule has 2 heterocycles. The monoisotopic (exact) mass is 342 g/mol. The van der Waals surface area contributed by atoms with Gasteiger partial charge >= 0.3 is 0 Å². The number of allylic oxidation sites excluding steroid dienone is 1. The van der Waals surface area contributed by atoms with Crippen molar-refractivity contribution in [2.24, 2.45) is 13.0 Å². The topological polar surface area (TPSA) is 67.2 Å². The van der Waals surface area contributed by atoms with Gasteiger partial charge in [0.25, 0.3) is 0 Å². The van der Waals surface area contributed by atoms with Gasteiger partial charge in [0.1, 0.15) is 0 Å². The number of nitrogens with zero attached hydrogens (tertiary/aromatic N) is 3. The highest BCUT2D eigenvalue weighted by Gasteiger charge is 2.45. The fourth-order valence-corrected chi connectivity index (χ4v) is 3.94. The number of carbonyl (C=O) groups is 2. The van der Waals surface area contributed by atoms with E-state index in [-0.39, 0.29) is 23.9 Å². The number of nitrogens with one attached hydrogen (secondary N) is 1. The molecule has 2 amide bonds. The van der Waals surface area contributed by atoms with Crippen LogP contribution in [0.5, 0.6) is 0 Å². The van der Waals surface area contributed by atoms with Gasteiger partial charge in [0.15, 0.2) is 0 Å². The van der Waals surface area contributed by atoms with Gasteiger partial charge in [0, 0.05) is 25.6 Å². The third kappa shape index (κ3) is 3.34. The van der Waals surface area contributed by atoms with Crippen molar-refractivity contribution < 1.29 is 9.59 Å². The number of aromatic nitrogens is 2. The number of likely N-dealkylation sites (tertiary alicyclic amines) is 1. The molecule has 3 fully saturated rings. The lowest BCUT2D eigenvalue weighted by Crippen LogP contribution is -2.53. The first-order chi connectivity index (χ1) is 12.0. The summed E-state index contributed by atoms with van der Waals surface area (Å²) < 4.78 is 1.96. The summed E-state index contributed by atoms with van der Waals surface area (Å²) in [4.78, 5) is 31.3. The predicted octanol–water partition coefficient (Wildman–Crippen LogP) is 2.09. The molecule has 0 bridgehead atoms. The molecule has 6 nitrogen and oxygen atoms in total. The number of hydrogen-bond acceptors (Lipinski definition) is 3. The average molecular weight is 342 g/mol. The zero-order valence-corrected chi connectivity index (χ0v) is 14.9. The van der Waals surface area contributed by atoms with Crippen LogP contribution in [0.1, 0.15) is 57.2 Å². The maximum Gasteiger partial charge on any atom is 0.244 e. The molecule has 0 spiro atoms. The fraction of sp³-hybridized carbons (Fsp3) is 0.632. The van der Waals surface area contributed by atoms with Crippen LogP contribution in [-0.2, 0) is 16.6 Å². The van der Waals surface area contributed by atoms with Crippen LogP contribution in [0, 0.1) is 5.92 Å². The molecule has 2 saturated carbocycles. The largest absolute Gasteiger partial charge is 0.347 e. The minimum atomic E-state index is -0.125. The van der Waals surface area contributed by atoms with E-state index in [1.807, 2.05) is 29.6 Å². The van der Waals surface area contributed by atoms with Crippen LogP contribution < -0.4 is 5.32 Å². The zero-order chi connectivity index (χ0) is 17.6. The molecule has 0 aromatic carbocycles. The second-order valence-corrected chi connectivity index (χ2v) is 7.72. The third-order valence-electron chi connectivity index (χ3n) is 5.64. The lowest BCUT2D eigenvalue weighted by Gasteiger charge is -2.41. The van der Waals surface area contributed by atoms with Gasteiger partial charge in [-0.2, -0.15) is 0 Å². The molecule has 2 atom stereocenters. The van der Waals surface area contributed by atoms with Gasteiger partial charge in [-0.1, -0.05) is 5.57 Å². The normalized spacial score (nSPS) is 27.5. The van der Waals surface area contributed by atoms with E-state index in [9.17, 15) is 9.59 Å². The minimum absolute atomic E-state index is 0.0355. The molecule has 25 heavy (non-hydrogen) atoms. The van der Waals surface area contributed by atoms with Crippen molar-refractivity contribution in [3.8, 4) is 0 Å². The van der Waals surface area contributed by atoms with Crippen LogP contribution >= 0.6 is 0 Å². The van der Waals surface area contributed by atoms with E-state index in [1.54, 1.807) is 12.4 Å². The van der Waals surface area contributed by atoms with Crippen LogP contribution in [0.4, 0.5) is 0 Å². The Morgan fingerprint density at radius 3 is 2.64 bits per heavy atom. The number of piperidine rings is 1. The van der Waals surface area contributed by atoms with Crippen molar-refractivity contribution in [3.63, 3.8) is 0 Å². The van der Waals surface area contributed by atoms with Crippen LogP contribution in [0.15, 0.2) is 24.2 Å². The Kier molecular flexibility index (Phi) is 4.13. The predicted molar refractivity (Wildman–Crippen MR) is 93.5 cm³/mol. The van der Waals surface area contributed by atoms with Gasteiger partial charge in [-0.15, -0.1) is 0 Å². The van der Waals surface area contributed by atoms with Crippen LogP contribution in [0.2, 0.25) is 0 Å². The highest BCUT2D eigenvalue weighted by molar-refractivity contribution is 5.89. The van der Waals surface area contributed by atoms with E-state index in [0.717, 1.165) is 18.5 Å². The minimum Gasteiger partial charge on any atom is -0.347 e. The number of hydrogen-bond donors (Lipinski definition) is 1. The van der Waals surface area contributed by atoms with Crippen LogP contribution in [0.25, 0.3) is 0 Å². The van der Waals surface area contributed by atoms with Gasteiger partial charge in [0.05, 0.1) is 30.3 Å². The van der Waals surface area contributed by atoms with Crippen LogP contribution in [0.3, 0.4) is 0 Å². The Morgan fingerprint density at radius 2 is 2.04 bits per heavy atom. The molecule has 1 aromatic heterocycles. The zero-order valence-electron chi connectivity index (χ0n) is 14.9. The third-order valence-corrected chi connectivity index (χ3v) is 5.64. The molecule has 1 N–H and O–H groups in total. The fourth-order valence-electron chi connectivity index (χ4n) is 3.94. The molecule has 2 aliphatic carbocycles. The lowest BCUT2D eigenvalue weighted by molar-refractivity contribution is -0.140. The Labute approximate surface area is 148 Å². The number of imidazole rings is 1. The first-order valence-corrected chi connectivity index (χ1v) is 9.30. The maximum atomic E-state index is 12.6. The summed E-state index contributed by atoms with van der Waals surface area (Å²) in [6, 6.07) is 0.125. The highest BCUT2D eigenvalue weighted by Crippen LogP contribution is 2.40. The van der Waals surface area contributed by atoms with E-state index < -0.39 is 0 Å². The van der Waals surface area contributed by atoms with Crippen molar-refractivity contribution in [2.75, 3.05) is 0 Å². The van der Waals surface area contributed by atoms with Crippen molar-refractivity contribution in [1.29, 1.82) is 0 Å². The molecule has 1 aromatic rings. The van der Waals surface area contributed by atoms with E-state index in [2.05, 4.69) is 10.3 Å². The molecular formula is C19H26N4O2. The SMILES string of the molecule is CC(=CC(=O)N[C@@H]1CCC(=O)N(C2CC2)[C@H]1c1cncn1C)C1CC1. The number of carbonyl (C=O) groups excluding carboxylic acids is 2. The quantitative estimate of drug-likeness (QED) is 0.833. The highest BCUT2D eigenvalue weighted by atomic mass is 16.2. The van der Waals surface area contributed by atoms with Crippen molar-refractivity contribution in [3.05, 3.63) is 29.9 Å². The maximum absolute atomic E-state index is 12.6. The molecule has 4 rings (SSSR count). The van der Waals surface area contributed by atoms with Gasteiger partial charge in [-0.25, -0.2) is 4.98 Å². The van der Waals surface area contributed by atoms with Gasteiger partial charge in [-0.05, 0) is 44.9 Å². The Balaban J connectivity index is 1.58. The number of amides is 2. The lowest BCUT2D eigenvalue weighted by atomic mass is 9.92. The molecule has 134 valence electrons. The Hall–Kier alpha value is -2.11. The number of aryl methyl sites for hydroxylation is 1. The second kappa shape index (κ2) is 6.32. The van der Waals surface area contributed by atoms with E-state index in [4.69, 9.17) is 0 Å². The summed E-state index contributed by atoms with van der Waals surface area (Å²) in [6.45, 7) is 2.04. The van der Waals surface area contributed by atoms with Gasteiger partial charge in [-0.3, -0.25) is 9.59 Å². The van der Waals surface area contributed by atoms with Crippen molar-refractivity contribution in [2.45, 2.75) is 63.6 Å². The average Bonchev–Trinajstić information content (AvgIpc) is 3.47. The Bertz CT molecular complexity index is 715. The van der Waals surface area contributed by atoms with Gasteiger partial charge < -0.3 is 14.8 Å². The van der Waals surface area contributed by atoms with Crippen LogP contribution in [-0.4, -0.2) is 38.3 Å². The van der Waals surface area contributed by atoms with E-state index in [0.29, 0.717) is 24.8 Å². The summed E-state index contributed by atoms with van der Waals surface area (Å²) in [5.74, 6) is 0.755. The first kappa shape index (κ1) is 16.4. The standard InChI is InChI=1S/C19H26N4O2/c1-12(13-3-4-13)9-17(24)21-15-7-8-18(25)23(14-5-6-14)19(15)16-10-20-11-22(16)2/h9-11,13-15,19H,3-8H2,1-2H3,(H,21,24)/t15-,19-/m1/s1. The molecule has 0 radical (unpaired) electrons. The summed E-state index contributed by atoms with van der Waals surface area (Å²) in [6.07, 6.45) is 11.0. The molecule has 3 aliphatic rings. The van der Waals surface area contributed by atoms with E-state index in [1.165, 1.54) is 18.4 Å². The van der Waals surface area contributed by atoms with Crippen molar-refractivity contribution in [1.82, 2.24) is 19.8 Å². The summed E-state index contributed by atoms with van der Waals surface area (Å²) in [7, 11) is 1.95. The smallest absolute Gasteiger partial charge is 0.244 e. The summed E-state index contributed by atoms with van der Waals surface area (Å²) in [5.41, 5.74) is 2.16. The summed E-state index contributed by atoms with van der Waals surface area (Å²) >= 11 is 0. The number of rotatable bonds is 5. The van der Waals surface area contributed by atoms with Crippen molar-refractivity contribution >= 4 is 11.8 Å². The van der Waals surface area contributed by atoms with E-state index >= 15 is 0 Å². The summed E-state index contributed by atoms with van der Waals surface area (Å²) in [5, 5.41) is 3.18. The molecule has 1 saturated heterocycles. The molecule has 0 unspecified atom stereocenters. The first-order valence-electron chi connectivity index (χ1n) is 9.30. The molecular weight excluding hydrogens is 316 g/mol. The Morgan fingerprint density at radius 1 is 1.28 bits per heavy atom.